The number of ether oxygens (including phenoxy) is 1. The maximum Gasteiger partial charge on any atom is 0.255 e. The Morgan fingerprint density at radius 2 is 1.61 bits per heavy atom. The van der Waals surface area contributed by atoms with Crippen molar-refractivity contribution in [2.75, 3.05) is 35.7 Å². The van der Waals surface area contributed by atoms with E-state index in [2.05, 4.69) is 20.5 Å². The molecule has 0 radical (unpaired) electrons. The number of piperidine rings is 1. The normalized spacial score (nSPS) is 13.5. The molecule has 4 rings (SSSR count). The van der Waals surface area contributed by atoms with Gasteiger partial charge in [-0.15, -0.1) is 0 Å². The van der Waals surface area contributed by atoms with Crippen molar-refractivity contribution < 1.29 is 9.53 Å². The minimum absolute atomic E-state index is 0.170. The van der Waals surface area contributed by atoms with Crippen LogP contribution in [0.1, 0.15) is 35.3 Å². The van der Waals surface area contributed by atoms with E-state index in [1.54, 1.807) is 31.4 Å². The number of benzene rings is 2. The summed E-state index contributed by atoms with van der Waals surface area (Å²) in [6.45, 7) is 4.06. The quantitative estimate of drug-likeness (QED) is 0.601. The summed E-state index contributed by atoms with van der Waals surface area (Å²) in [6, 6.07) is 16.5. The maximum absolute atomic E-state index is 12.4. The van der Waals surface area contributed by atoms with Crippen molar-refractivity contribution in [2.24, 2.45) is 0 Å². The molecule has 1 saturated heterocycles. The molecule has 2 aromatic carbocycles. The molecule has 0 aliphatic carbocycles. The highest BCUT2D eigenvalue weighted by Crippen LogP contribution is 2.22. The standard InChI is InChI=1S/C24H27N5O2/c1-17-16-22(29-14-4-3-5-15-29)28-24(25-17)27-20-10-8-19(9-11-20)26-23(30)18-6-12-21(31-2)13-7-18/h6-13,16H,3-5,14-15H2,1-2H3,(H,26,30)(H,25,27,28). The third-order valence-electron chi connectivity index (χ3n) is 5.27. The predicted octanol–water partition coefficient (Wildman–Crippen LogP) is 4.78. The second-order valence-electron chi connectivity index (χ2n) is 7.62. The zero-order valence-electron chi connectivity index (χ0n) is 17.9. The van der Waals surface area contributed by atoms with E-state index in [4.69, 9.17) is 9.72 Å². The Morgan fingerprint density at radius 1 is 0.935 bits per heavy atom. The van der Waals surface area contributed by atoms with Crippen molar-refractivity contribution in [1.82, 2.24) is 9.97 Å². The van der Waals surface area contributed by atoms with Crippen LogP contribution in [0.5, 0.6) is 5.75 Å². The average molecular weight is 418 g/mol. The number of anilines is 4. The summed E-state index contributed by atoms with van der Waals surface area (Å²) < 4.78 is 5.13. The fourth-order valence-electron chi connectivity index (χ4n) is 3.60. The van der Waals surface area contributed by atoms with Gasteiger partial charge in [0.05, 0.1) is 7.11 Å². The summed E-state index contributed by atoms with van der Waals surface area (Å²) in [5, 5.41) is 6.18. The number of rotatable bonds is 6. The lowest BCUT2D eigenvalue weighted by molar-refractivity contribution is 0.102. The highest BCUT2D eigenvalue weighted by Gasteiger charge is 2.14. The number of carbonyl (C=O) groups excluding carboxylic acids is 1. The molecule has 2 N–H and O–H groups in total. The van der Waals surface area contributed by atoms with Crippen molar-refractivity contribution in [3.63, 3.8) is 0 Å². The molecule has 1 aromatic heterocycles. The molecule has 1 aliphatic rings. The molecule has 1 aliphatic heterocycles. The maximum atomic E-state index is 12.4. The third-order valence-corrected chi connectivity index (χ3v) is 5.27. The summed E-state index contributed by atoms with van der Waals surface area (Å²) >= 11 is 0. The number of amides is 1. The topological polar surface area (TPSA) is 79.4 Å². The van der Waals surface area contributed by atoms with Gasteiger partial charge in [-0.05, 0) is 74.7 Å². The fraction of sp³-hybridized carbons (Fsp3) is 0.292. The first-order valence-electron chi connectivity index (χ1n) is 10.5. The summed E-state index contributed by atoms with van der Waals surface area (Å²) in [5.74, 6) is 2.10. The molecule has 2 heterocycles. The Morgan fingerprint density at radius 3 is 2.29 bits per heavy atom. The Kier molecular flexibility index (Phi) is 6.31. The van der Waals surface area contributed by atoms with Crippen molar-refractivity contribution in [1.29, 1.82) is 0 Å². The lowest BCUT2D eigenvalue weighted by atomic mass is 10.1. The average Bonchev–Trinajstić information content (AvgIpc) is 2.80. The third kappa shape index (κ3) is 5.31. The van der Waals surface area contributed by atoms with E-state index in [-0.39, 0.29) is 5.91 Å². The van der Waals surface area contributed by atoms with Crippen LogP contribution in [0, 0.1) is 6.92 Å². The minimum atomic E-state index is -0.170. The Hall–Kier alpha value is -3.61. The summed E-state index contributed by atoms with van der Waals surface area (Å²) in [6.07, 6.45) is 3.69. The van der Waals surface area contributed by atoms with Crippen molar-refractivity contribution in [2.45, 2.75) is 26.2 Å². The molecule has 0 spiro atoms. The van der Waals surface area contributed by atoms with Gasteiger partial charge in [0, 0.05) is 41.8 Å². The van der Waals surface area contributed by atoms with E-state index >= 15 is 0 Å². The van der Waals surface area contributed by atoms with Gasteiger partial charge < -0.3 is 20.3 Å². The summed E-state index contributed by atoms with van der Waals surface area (Å²) in [5.41, 5.74) is 3.08. The van der Waals surface area contributed by atoms with Crippen LogP contribution < -0.4 is 20.3 Å². The SMILES string of the molecule is COc1ccc(C(=O)Nc2ccc(Nc3nc(C)cc(N4CCCCC4)n3)cc2)cc1. The van der Waals surface area contributed by atoms with Crippen molar-refractivity contribution in [3.05, 3.63) is 65.9 Å². The molecule has 0 saturated carbocycles. The van der Waals surface area contributed by atoms with Crippen LogP contribution in [0.25, 0.3) is 0 Å². The first-order valence-corrected chi connectivity index (χ1v) is 10.5. The van der Waals surface area contributed by atoms with E-state index < -0.39 is 0 Å². The van der Waals surface area contributed by atoms with Gasteiger partial charge in [-0.2, -0.15) is 4.98 Å². The van der Waals surface area contributed by atoms with Gasteiger partial charge >= 0.3 is 0 Å². The van der Waals surface area contributed by atoms with E-state index in [1.807, 2.05) is 37.3 Å². The molecule has 0 bridgehead atoms. The van der Waals surface area contributed by atoms with Gasteiger partial charge in [-0.3, -0.25) is 4.79 Å². The number of methoxy groups -OCH3 is 1. The van der Waals surface area contributed by atoms with Crippen LogP contribution in [-0.2, 0) is 0 Å². The first kappa shape index (κ1) is 20.7. The zero-order chi connectivity index (χ0) is 21.6. The largest absolute Gasteiger partial charge is 0.497 e. The van der Waals surface area contributed by atoms with E-state index in [9.17, 15) is 4.79 Å². The smallest absolute Gasteiger partial charge is 0.255 e. The molecule has 3 aromatic rings. The lowest BCUT2D eigenvalue weighted by Gasteiger charge is -2.28. The Labute approximate surface area is 182 Å². The number of nitrogens with one attached hydrogen (secondary N) is 2. The second-order valence-corrected chi connectivity index (χ2v) is 7.62. The number of carbonyl (C=O) groups is 1. The first-order chi connectivity index (χ1) is 15.1. The van der Waals surface area contributed by atoms with Gasteiger partial charge in [-0.1, -0.05) is 0 Å². The van der Waals surface area contributed by atoms with Crippen LogP contribution in [0.2, 0.25) is 0 Å². The Bertz CT molecular complexity index is 1030. The number of hydrogen-bond acceptors (Lipinski definition) is 6. The van der Waals surface area contributed by atoms with Crippen LogP contribution in [-0.4, -0.2) is 36.1 Å². The molecule has 160 valence electrons. The number of hydrogen-bond donors (Lipinski definition) is 2. The molecule has 0 unspecified atom stereocenters. The van der Waals surface area contributed by atoms with Gasteiger partial charge in [0.25, 0.3) is 5.91 Å². The number of nitrogens with zero attached hydrogens (tertiary/aromatic N) is 3. The van der Waals surface area contributed by atoms with Gasteiger partial charge in [-0.25, -0.2) is 4.98 Å². The van der Waals surface area contributed by atoms with Crippen LogP contribution >= 0.6 is 0 Å². The molecule has 1 amide bonds. The van der Waals surface area contributed by atoms with Crippen LogP contribution in [0.4, 0.5) is 23.1 Å². The summed E-state index contributed by atoms with van der Waals surface area (Å²) in [7, 11) is 1.60. The molecule has 31 heavy (non-hydrogen) atoms. The molecular weight excluding hydrogens is 390 g/mol. The molecule has 0 atom stereocenters. The van der Waals surface area contributed by atoms with E-state index in [0.29, 0.717) is 22.9 Å². The van der Waals surface area contributed by atoms with E-state index in [1.165, 1.54) is 19.3 Å². The highest BCUT2D eigenvalue weighted by molar-refractivity contribution is 6.04. The zero-order valence-corrected chi connectivity index (χ0v) is 17.9. The van der Waals surface area contributed by atoms with Crippen LogP contribution in [0.3, 0.4) is 0 Å². The predicted molar refractivity (Wildman–Crippen MR) is 124 cm³/mol. The van der Waals surface area contributed by atoms with Crippen LogP contribution in [0.15, 0.2) is 54.6 Å². The van der Waals surface area contributed by atoms with E-state index in [0.717, 1.165) is 30.3 Å². The highest BCUT2D eigenvalue weighted by atomic mass is 16.5. The Balaban J connectivity index is 1.41. The van der Waals surface area contributed by atoms with Gasteiger partial charge in [0.15, 0.2) is 0 Å². The fourth-order valence-corrected chi connectivity index (χ4v) is 3.60. The summed E-state index contributed by atoms with van der Waals surface area (Å²) in [4.78, 5) is 24.0. The molecular formula is C24H27N5O2. The molecule has 1 fully saturated rings. The minimum Gasteiger partial charge on any atom is -0.497 e. The second kappa shape index (κ2) is 9.47. The molecule has 7 heteroatoms. The van der Waals surface area contributed by atoms with Crippen molar-refractivity contribution in [3.8, 4) is 5.75 Å². The van der Waals surface area contributed by atoms with Crippen molar-refractivity contribution >= 4 is 29.0 Å². The number of aromatic nitrogens is 2. The monoisotopic (exact) mass is 417 g/mol. The lowest BCUT2D eigenvalue weighted by Crippen LogP contribution is -2.30. The number of aryl methyl sites for hydroxylation is 1. The van der Waals surface area contributed by atoms with Gasteiger partial charge in [0.2, 0.25) is 5.95 Å². The van der Waals surface area contributed by atoms with Gasteiger partial charge in [0.1, 0.15) is 11.6 Å². The molecule has 7 nitrogen and oxygen atoms in total.